The molecule has 100 valence electrons. The molecule has 0 saturated carbocycles. The fourth-order valence-electron chi connectivity index (χ4n) is 1.25. The first-order valence-corrected chi connectivity index (χ1v) is 6.58. The zero-order valence-electron chi connectivity index (χ0n) is 10.5. The number of carbonyl (C=O) groups is 2. The minimum absolute atomic E-state index is 0.0105. The van der Waals surface area contributed by atoms with E-state index in [1.54, 1.807) is 25.7 Å². The van der Waals surface area contributed by atoms with Gasteiger partial charge in [-0.2, -0.15) is 0 Å². The Morgan fingerprint density at radius 1 is 1.29 bits per heavy atom. The van der Waals surface area contributed by atoms with Crippen molar-refractivity contribution < 1.29 is 19.4 Å². The first-order chi connectivity index (χ1) is 7.74. The van der Waals surface area contributed by atoms with Crippen molar-refractivity contribution in [3.8, 4) is 0 Å². The highest BCUT2D eigenvalue weighted by Gasteiger charge is 2.19. The Kier molecular flexibility index (Phi) is 7.38. The normalized spacial score (nSPS) is 11.6. The molecule has 0 aromatic heterocycles. The van der Waals surface area contributed by atoms with E-state index in [0.29, 0.717) is 6.54 Å². The van der Waals surface area contributed by atoms with Gasteiger partial charge in [-0.15, -0.1) is 0 Å². The smallest absolute Gasteiger partial charge is 0.320 e. The molecule has 0 heterocycles. The van der Waals surface area contributed by atoms with Crippen molar-refractivity contribution in [2.24, 2.45) is 0 Å². The molecule has 17 heavy (non-hydrogen) atoms. The molecular formula is C11H20BrNO4. The third-order valence-corrected chi connectivity index (χ3v) is 2.30. The molecule has 6 heteroatoms. The SMILES string of the molecule is CC(C)(C)OC(=O)CN(CCCBr)CC(=O)O. The summed E-state index contributed by atoms with van der Waals surface area (Å²) in [5.41, 5.74) is -0.540. The van der Waals surface area contributed by atoms with E-state index in [2.05, 4.69) is 15.9 Å². The van der Waals surface area contributed by atoms with Crippen molar-refractivity contribution in [3.05, 3.63) is 0 Å². The van der Waals surface area contributed by atoms with Crippen LogP contribution in [0, 0.1) is 0 Å². The maximum Gasteiger partial charge on any atom is 0.320 e. The van der Waals surface area contributed by atoms with Gasteiger partial charge in [-0.1, -0.05) is 15.9 Å². The maximum atomic E-state index is 11.5. The number of carbonyl (C=O) groups excluding carboxylic acids is 1. The van der Waals surface area contributed by atoms with Crippen molar-refractivity contribution >= 4 is 27.9 Å². The molecule has 0 spiro atoms. The molecule has 0 bridgehead atoms. The molecule has 0 atom stereocenters. The fourth-order valence-corrected chi connectivity index (χ4v) is 1.50. The van der Waals surface area contributed by atoms with Crippen molar-refractivity contribution in [3.63, 3.8) is 0 Å². The van der Waals surface area contributed by atoms with Crippen LogP contribution in [0.5, 0.6) is 0 Å². The third-order valence-electron chi connectivity index (χ3n) is 1.74. The average molecular weight is 310 g/mol. The molecular weight excluding hydrogens is 290 g/mol. The van der Waals surface area contributed by atoms with E-state index in [9.17, 15) is 9.59 Å². The number of halogens is 1. The predicted molar refractivity (Wildman–Crippen MR) is 68.3 cm³/mol. The van der Waals surface area contributed by atoms with Gasteiger partial charge in [-0.3, -0.25) is 14.5 Å². The van der Waals surface area contributed by atoms with Crippen LogP contribution < -0.4 is 0 Å². The van der Waals surface area contributed by atoms with Gasteiger partial charge in [0.2, 0.25) is 0 Å². The van der Waals surface area contributed by atoms with Crippen LogP contribution in [0.1, 0.15) is 27.2 Å². The lowest BCUT2D eigenvalue weighted by Gasteiger charge is -2.23. The van der Waals surface area contributed by atoms with Gasteiger partial charge in [0.05, 0.1) is 13.1 Å². The Bertz CT molecular complexity index is 263. The second-order valence-electron chi connectivity index (χ2n) is 4.73. The highest BCUT2D eigenvalue weighted by atomic mass is 79.9. The molecule has 1 N–H and O–H groups in total. The largest absolute Gasteiger partial charge is 0.480 e. The summed E-state index contributed by atoms with van der Waals surface area (Å²) in [5.74, 6) is -1.34. The number of carboxylic acid groups (broad SMARTS) is 1. The number of alkyl halides is 1. The van der Waals surface area contributed by atoms with E-state index in [-0.39, 0.29) is 13.1 Å². The summed E-state index contributed by atoms with van der Waals surface area (Å²) in [7, 11) is 0. The van der Waals surface area contributed by atoms with Gasteiger partial charge in [0, 0.05) is 11.9 Å². The monoisotopic (exact) mass is 309 g/mol. The number of aliphatic carboxylic acids is 1. The number of carboxylic acids is 1. The van der Waals surface area contributed by atoms with Crippen LogP contribution in [0.2, 0.25) is 0 Å². The average Bonchev–Trinajstić information content (AvgIpc) is 2.09. The summed E-state index contributed by atoms with van der Waals surface area (Å²) < 4.78 is 5.14. The third kappa shape index (κ3) is 10.3. The first-order valence-electron chi connectivity index (χ1n) is 5.46. The van der Waals surface area contributed by atoms with Crippen LogP contribution in [-0.4, -0.2) is 52.5 Å². The van der Waals surface area contributed by atoms with Crippen molar-refractivity contribution in [1.82, 2.24) is 4.90 Å². The molecule has 0 saturated heterocycles. The molecule has 0 aliphatic carbocycles. The molecule has 0 amide bonds. The lowest BCUT2D eigenvalue weighted by molar-refractivity contribution is -0.156. The molecule has 0 aliphatic rings. The zero-order chi connectivity index (χ0) is 13.5. The Labute approximate surface area is 110 Å². The summed E-state index contributed by atoms with van der Waals surface area (Å²) in [5, 5.41) is 9.50. The van der Waals surface area contributed by atoms with Crippen molar-refractivity contribution in [1.29, 1.82) is 0 Å². The van der Waals surface area contributed by atoms with Gasteiger partial charge >= 0.3 is 11.9 Å². The summed E-state index contributed by atoms with van der Waals surface area (Å²) in [4.78, 5) is 23.7. The quantitative estimate of drug-likeness (QED) is 0.570. The number of esters is 1. The minimum atomic E-state index is -0.942. The van der Waals surface area contributed by atoms with Crippen molar-refractivity contribution in [2.75, 3.05) is 25.0 Å². The Morgan fingerprint density at radius 3 is 2.29 bits per heavy atom. The van der Waals surface area contributed by atoms with Gasteiger partial charge in [0.15, 0.2) is 0 Å². The Morgan fingerprint density at radius 2 is 1.88 bits per heavy atom. The van der Waals surface area contributed by atoms with Crippen LogP contribution in [0.3, 0.4) is 0 Å². The van der Waals surface area contributed by atoms with Crippen molar-refractivity contribution in [2.45, 2.75) is 32.8 Å². The minimum Gasteiger partial charge on any atom is -0.480 e. The number of rotatable bonds is 7. The van der Waals surface area contributed by atoms with Gasteiger partial charge in [-0.25, -0.2) is 0 Å². The van der Waals surface area contributed by atoms with Gasteiger partial charge in [0.1, 0.15) is 5.60 Å². The van der Waals surface area contributed by atoms with Gasteiger partial charge in [-0.05, 0) is 27.2 Å². The van der Waals surface area contributed by atoms with Crippen LogP contribution in [0.15, 0.2) is 0 Å². The fraction of sp³-hybridized carbons (Fsp3) is 0.818. The van der Waals surface area contributed by atoms with Gasteiger partial charge in [0.25, 0.3) is 0 Å². The first kappa shape index (κ1) is 16.4. The number of ether oxygens (including phenoxy) is 1. The zero-order valence-corrected chi connectivity index (χ0v) is 12.1. The number of hydrogen-bond acceptors (Lipinski definition) is 4. The van der Waals surface area contributed by atoms with E-state index < -0.39 is 17.5 Å². The van der Waals surface area contributed by atoms with Crippen LogP contribution in [-0.2, 0) is 14.3 Å². The molecule has 0 aromatic rings. The second kappa shape index (κ2) is 7.66. The summed E-state index contributed by atoms with van der Waals surface area (Å²) >= 11 is 3.27. The van der Waals surface area contributed by atoms with E-state index in [0.717, 1.165) is 11.8 Å². The lowest BCUT2D eigenvalue weighted by Crippen LogP contribution is -2.38. The topological polar surface area (TPSA) is 66.8 Å². The molecule has 0 aliphatic heterocycles. The highest BCUT2D eigenvalue weighted by Crippen LogP contribution is 2.07. The molecule has 0 aromatic carbocycles. The number of nitrogens with zero attached hydrogens (tertiary/aromatic N) is 1. The van der Waals surface area contributed by atoms with E-state index in [1.807, 2.05) is 0 Å². The predicted octanol–water partition coefficient (Wildman–Crippen LogP) is 1.50. The van der Waals surface area contributed by atoms with Gasteiger partial charge < -0.3 is 9.84 Å². The molecule has 0 fully saturated rings. The van der Waals surface area contributed by atoms with Crippen LogP contribution in [0.4, 0.5) is 0 Å². The second-order valence-corrected chi connectivity index (χ2v) is 5.53. The van der Waals surface area contributed by atoms with E-state index in [1.165, 1.54) is 0 Å². The van der Waals surface area contributed by atoms with Crippen LogP contribution in [0.25, 0.3) is 0 Å². The summed E-state index contributed by atoms with van der Waals surface area (Å²) in [6.07, 6.45) is 0.788. The number of hydrogen-bond donors (Lipinski definition) is 1. The Hall–Kier alpha value is -0.620. The maximum absolute atomic E-state index is 11.5. The molecule has 0 radical (unpaired) electrons. The van der Waals surface area contributed by atoms with E-state index in [4.69, 9.17) is 9.84 Å². The molecule has 0 rings (SSSR count). The lowest BCUT2D eigenvalue weighted by atomic mass is 10.2. The highest BCUT2D eigenvalue weighted by molar-refractivity contribution is 9.09. The standard InChI is InChI=1S/C11H20BrNO4/c1-11(2,3)17-10(16)8-13(6-4-5-12)7-9(14)15/h4-8H2,1-3H3,(H,14,15). The van der Waals surface area contributed by atoms with E-state index >= 15 is 0 Å². The molecule has 5 nitrogen and oxygen atoms in total. The Balaban J connectivity index is 4.21. The summed E-state index contributed by atoms with van der Waals surface area (Å²) in [6.45, 7) is 5.76. The summed E-state index contributed by atoms with van der Waals surface area (Å²) in [6, 6.07) is 0. The van der Waals surface area contributed by atoms with Crippen LogP contribution >= 0.6 is 15.9 Å². The molecule has 0 unspecified atom stereocenters.